The zero-order chi connectivity index (χ0) is 36.0. The first-order valence-electron chi connectivity index (χ1n) is 18.8. The second kappa shape index (κ2) is 11.6. The first-order valence-corrected chi connectivity index (χ1v) is 18.8. The topological polar surface area (TPSA) is 16.1 Å². The van der Waals surface area contributed by atoms with E-state index in [2.05, 4.69) is 200 Å². The number of rotatable bonds is 4. The molecule has 1 aliphatic rings. The fourth-order valence-corrected chi connectivity index (χ4v) is 9.12. The third-order valence-corrected chi connectivity index (χ3v) is 11.8. The summed E-state index contributed by atoms with van der Waals surface area (Å²) in [6, 6.07) is 64.8. The lowest BCUT2D eigenvalue weighted by molar-refractivity contribution is 0.667. The lowest BCUT2D eigenvalue weighted by Crippen LogP contribution is -2.15. The van der Waals surface area contributed by atoms with Gasteiger partial charge in [-0.15, -0.1) is 0 Å². The predicted octanol–water partition coefficient (Wildman–Crippen LogP) is 14.3. The molecule has 0 atom stereocenters. The molecule has 54 heavy (non-hydrogen) atoms. The lowest BCUT2D eigenvalue weighted by Gasteiger charge is -2.27. The zero-order valence-corrected chi connectivity index (χ0v) is 30.2. The molecule has 9 aromatic carbocycles. The number of nitrogens with zero attached hydrogens (tertiary/aromatic N) is 2. The molecule has 0 amide bonds. The normalized spacial score (nSPS) is 13.1. The fourth-order valence-electron chi connectivity index (χ4n) is 9.12. The van der Waals surface area contributed by atoms with Crippen molar-refractivity contribution in [2.24, 2.45) is 0 Å². The van der Waals surface area contributed by atoms with E-state index in [1.54, 1.807) is 0 Å². The number of hydrogen-bond donors (Lipinski definition) is 0. The predicted molar refractivity (Wildman–Crippen MR) is 229 cm³/mol. The van der Waals surface area contributed by atoms with Crippen molar-refractivity contribution >= 4 is 71.1 Å². The summed E-state index contributed by atoms with van der Waals surface area (Å²) in [6.45, 7) is 4.79. The number of fused-ring (bicyclic) bond motifs is 9. The van der Waals surface area contributed by atoms with Gasteiger partial charge in [0.15, 0.2) is 0 Å². The van der Waals surface area contributed by atoms with Crippen LogP contribution in [0.15, 0.2) is 182 Å². The van der Waals surface area contributed by atoms with Gasteiger partial charge in [-0.1, -0.05) is 123 Å². The smallest absolute Gasteiger partial charge is 0.0708 e. The van der Waals surface area contributed by atoms with Crippen LogP contribution >= 0.6 is 0 Å². The van der Waals surface area contributed by atoms with Crippen LogP contribution in [-0.4, -0.2) is 4.98 Å². The summed E-state index contributed by atoms with van der Waals surface area (Å²) < 4.78 is 0. The van der Waals surface area contributed by atoms with Crippen LogP contribution in [0.5, 0.6) is 0 Å². The minimum atomic E-state index is -0.171. The molecule has 0 unspecified atom stereocenters. The van der Waals surface area contributed by atoms with E-state index in [9.17, 15) is 0 Å². The Morgan fingerprint density at radius 1 is 0.407 bits per heavy atom. The van der Waals surface area contributed by atoms with E-state index in [1.807, 2.05) is 6.20 Å². The van der Waals surface area contributed by atoms with E-state index in [1.165, 1.54) is 81.9 Å². The van der Waals surface area contributed by atoms with Crippen LogP contribution in [0.2, 0.25) is 0 Å². The van der Waals surface area contributed by atoms with Crippen molar-refractivity contribution in [3.05, 3.63) is 193 Å². The molecule has 0 fully saturated rings. The van der Waals surface area contributed by atoms with Crippen LogP contribution in [0.3, 0.4) is 0 Å². The van der Waals surface area contributed by atoms with Gasteiger partial charge in [-0.2, -0.15) is 0 Å². The molecule has 2 nitrogen and oxygen atoms in total. The second-order valence-corrected chi connectivity index (χ2v) is 15.3. The van der Waals surface area contributed by atoms with E-state index in [4.69, 9.17) is 0 Å². The van der Waals surface area contributed by atoms with Crippen LogP contribution in [-0.2, 0) is 5.41 Å². The Kier molecular flexibility index (Phi) is 6.63. The molecule has 0 N–H and O–H groups in total. The summed E-state index contributed by atoms with van der Waals surface area (Å²) >= 11 is 0. The molecular formula is C52H36N2. The first kappa shape index (κ1) is 30.8. The summed E-state index contributed by atoms with van der Waals surface area (Å²) in [5.74, 6) is 0. The van der Waals surface area contributed by atoms with Gasteiger partial charge in [-0.05, 0) is 143 Å². The van der Waals surface area contributed by atoms with E-state index < -0.39 is 0 Å². The largest absolute Gasteiger partial charge is 0.310 e. The summed E-state index contributed by atoms with van der Waals surface area (Å²) in [5, 5.41) is 11.2. The average Bonchev–Trinajstić information content (AvgIpc) is 3.44. The van der Waals surface area contributed by atoms with E-state index in [0.717, 1.165) is 22.6 Å². The highest BCUT2D eigenvalue weighted by molar-refractivity contribution is 6.04. The van der Waals surface area contributed by atoms with Crippen LogP contribution in [0.4, 0.5) is 17.1 Å². The quantitative estimate of drug-likeness (QED) is 0.183. The molecule has 2 heteroatoms. The average molecular weight is 689 g/mol. The molecule has 11 rings (SSSR count). The molecule has 0 radical (unpaired) electrons. The summed E-state index contributed by atoms with van der Waals surface area (Å²) in [4.78, 5) is 7.01. The maximum absolute atomic E-state index is 4.61. The number of pyridine rings is 1. The highest BCUT2D eigenvalue weighted by atomic mass is 15.1. The number of hydrogen-bond acceptors (Lipinski definition) is 2. The second-order valence-electron chi connectivity index (χ2n) is 15.3. The minimum absolute atomic E-state index is 0.171. The number of benzene rings is 9. The maximum Gasteiger partial charge on any atom is 0.0708 e. The Balaban J connectivity index is 1.04. The third-order valence-electron chi connectivity index (χ3n) is 11.8. The molecule has 0 spiro atoms. The monoisotopic (exact) mass is 688 g/mol. The van der Waals surface area contributed by atoms with Gasteiger partial charge in [0, 0.05) is 34.1 Å². The van der Waals surface area contributed by atoms with Crippen molar-refractivity contribution in [1.29, 1.82) is 0 Å². The van der Waals surface area contributed by atoms with Crippen LogP contribution < -0.4 is 4.90 Å². The molecule has 1 aromatic heterocycles. The van der Waals surface area contributed by atoms with Gasteiger partial charge in [0.2, 0.25) is 0 Å². The van der Waals surface area contributed by atoms with Gasteiger partial charge in [0.05, 0.1) is 5.52 Å². The van der Waals surface area contributed by atoms with Gasteiger partial charge in [-0.3, -0.25) is 4.98 Å². The van der Waals surface area contributed by atoms with Crippen molar-refractivity contribution in [3.63, 3.8) is 0 Å². The van der Waals surface area contributed by atoms with Gasteiger partial charge >= 0.3 is 0 Å². The lowest BCUT2D eigenvalue weighted by atomic mass is 9.79. The Bertz CT molecular complexity index is 3070. The Labute approximate surface area is 314 Å². The van der Waals surface area contributed by atoms with Crippen LogP contribution in [0.25, 0.3) is 76.2 Å². The molecule has 0 saturated heterocycles. The highest BCUT2D eigenvalue weighted by Crippen LogP contribution is 2.53. The minimum Gasteiger partial charge on any atom is -0.310 e. The molecular weight excluding hydrogens is 653 g/mol. The van der Waals surface area contributed by atoms with Gasteiger partial charge in [-0.25, -0.2) is 0 Å². The molecule has 1 aliphatic carbocycles. The standard InChI is InChI=1S/C52H36N2/c1-52(2)49-32-40-27-38(44-25-26-53-50-14-8-7-13-46(44)50)16-15-37(40)31-48(49)47-23-19-39-30-43(22-24-45(39)51(47)52)54(41-20-17-33-9-3-5-11-35(33)28-41)42-21-18-34-10-4-6-12-36(34)29-42/h3-32H,1-2H3. The Morgan fingerprint density at radius 2 is 1.00 bits per heavy atom. The molecule has 1 heterocycles. The van der Waals surface area contributed by atoms with Crippen LogP contribution in [0, 0.1) is 0 Å². The van der Waals surface area contributed by atoms with Crippen molar-refractivity contribution in [1.82, 2.24) is 4.98 Å². The van der Waals surface area contributed by atoms with Crippen molar-refractivity contribution in [3.8, 4) is 22.3 Å². The van der Waals surface area contributed by atoms with Gasteiger partial charge in [0.1, 0.15) is 0 Å². The van der Waals surface area contributed by atoms with Gasteiger partial charge in [0.25, 0.3) is 0 Å². The van der Waals surface area contributed by atoms with Gasteiger partial charge < -0.3 is 4.90 Å². The van der Waals surface area contributed by atoms with E-state index in [0.29, 0.717) is 0 Å². The summed E-state index contributed by atoms with van der Waals surface area (Å²) in [7, 11) is 0. The molecule has 254 valence electrons. The van der Waals surface area contributed by atoms with Crippen molar-refractivity contribution in [2.75, 3.05) is 4.90 Å². The SMILES string of the molecule is CC1(C)c2cc3cc(-c4ccnc5ccccc45)ccc3cc2-c2ccc3cc(N(c4ccc5ccccc5c4)c4ccc5ccccc5c4)ccc3c21. The number of aromatic nitrogens is 1. The zero-order valence-electron chi connectivity index (χ0n) is 30.2. The summed E-state index contributed by atoms with van der Waals surface area (Å²) in [5.41, 5.74) is 12.2. The number of anilines is 3. The molecule has 0 saturated carbocycles. The molecule has 0 aliphatic heterocycles. The van der Waals surface area contributed by atoms with Crippen molar-refractivity contribution < 1.29 is 0 Å². The first-order chi connectivity index (χ1) is 26.5. The Morgan fingerprint density at radius 3 is 1.74 bits per heavy atom. The van der Waals surface area contributed by atoms with E-state index >= 15 is 0 Å². The molecule has 10 aromatic rings. The maximum atomic E-state index is 4.61. The van der Waals surface area contributed by atoms with E-state index in [-0.39, 0.29) is 5.41 Å². The van der Waals surface area contributed by atoms with Crippen LogP contribution in [0.1, 0.15) is 25.0 Å². The van der Waals surface area contributed by atoms with Crippen molar-refractivity contribution in [2.45, 2.75) is 19.3 Å². The Hall–Kier alpha value is -6.77. The number of para-hydroxylation sites is 1. The third kappa shape index (κ3) is 4.70. The fraction of sp³-hybridized carbons (Fsp3) is 0.0577. The summed E-state index contributed by atoms with van der Waals surface area (Å²) in [6.07, 6.45) is 1.92. The molecule has 0 bridgehead atoms. The highest BCUT2D eigenvalue weighted by Gasteiger charge is 2.37.